The Bertz CT molecular complexity index is 64.1. The Morgan fingerprint density at radius 2 is 2.75 bits per heavy atom. The average molecular weight is 133 g/mol. The fourth-order valence-electron chi connectivity index (χ4n) is 1.03. The van der Waals surface area contributed by atoms with E-state index in [2.05, 4.69) is 17.1 Å². The molecule has 0 bridgehead atoms. The van der Waals surface area contributed by atoms with E-state index >= 15 is 0 Å². The topological polar surface area (TPSA) is 12.0 Å². The largest absolute Gasteiger partial charge is 0.319 e. The van der Waals surface area contributed by atoms with Crippen LogP contribution in [0.3, 0.4) is 0 Å². The summed E-state index contributed by atoms with van der Waals surface area (Å²) < 4.78 is 0. The zero-order chi connectivity index (χ0) is 5.82. The van der Waals surface area contributed by atoms with E-state index in [-0.39, 0.29) is 1.43 Å². The summed E-state index contributed by atoms with van der Waals surface area (Å²) in [7, 11) is 2.03. The monoisotopic (exact) mass is 133 g/mol. The third-order valence-electron chi connectivity index (χ3n) is 1.52. The van der Waals surface area contributed by atoms with Crippen LogP contribution in [-0.2, 0) is 0 Å². The van der Waals surface area contributed by atoms with Crippen molar-refractivity contribution in [3.05, 3.63) is 0 Å². The first-order valence-corrected chi connectivity index (χ1v) is 4.31. The van der Waals surface area contributed by atoms with Gasteiger partial charge in [-0.3, -0.25) is 0 Å². The Kier molecular flexibility index (Phi) is 2.70. The van der Waals surface area contributed by atoms with Crippen molar-refractivity contribution in [3.63, 3.8) is 0 Å². The van der Waals surface area contributed by atoms with E-state index in [1.807, 2.05) is 7.05 Å². The summed E-state index contributed by atoms with van der Waals surface area (Å²) in [5, 5.41) is 3.20. The summed E-state index contributed by atoms with van der Waals surface area (Å²) in [4.78, 5) is 0. The molecule has 0 aliphatic carbocycles. The molecule has 0 spiro atoms. The minimum Gasteiger partial charge on any atom is -0.319 e. The normalized spacial score (nSPS) is 28.9. The molecule has 1 atom stereocenters. The van der Waals surface area contributed by atoms with Gasteiger partial charge in [0.05, 0.1) is 0 Å². The SMILES string of the molecule is CNCC1CCSC1.[HH]. The molecule has 0 saturated carbocycles. The average Bonchev–Trinajstić information content (AvgIpc) is 2.19. The van der Waals surface area contributed by atoms with Gasteiger partial charge in [-0.15, -0.1) is 0 Å². The highest BCUT2D eigenvalue weighted by Gasteiger charge is 2.13. The van der Waals surface area contributed by atoms with Gasteiger partial charge in [0.2, 0.25) is 0 Å². The first-order valence-electron chi connectivity index (χ1n) is 3.16. The van der Waals surface area contributed by atoms with Gasteiger partial charge in [0.15, 0.2) is 0 Å². The second kappa shape index (κ2) is 3.36. The van der Waals surface area contributed by atoms with Crippen molar-refractivity contribution in [1.82, 2.24) is 5.32 Å². The van der Waals surface area contributed by atoms with Gasteiger partial charge in [-0.1, -0.05) is 0 Å². The van der Waals surface area contributed by atoms with E-state index in [9.17, 15) is 0 Å². The van der Waals surface area contributed by atoms with Crippen LogP contribution in [0.5, 0.6) is 0 Å². The van der Waals surface area contributed by atoms with Gasteiger partial charge in [0.1, 0.15) is 0 Å². The maximum absolute atomic E-state index is 3.20. The number of hydrogen-bond donors (Lipinski definition) is 1. The van der Waals surface area contributed by atoms with Crippen LogP contribution < -0.4 is 5.32 Å². The van der Waals surface area contributed by atoms with Crippen LogP contribution in [0.4, 0.5) is 0 Å². The van der Waals surface area contributed by atoms with E-state index < -0.39 is 0 Å². The molecule has 1 unspecified atom stereocenters. The number of nitrogens with one attached hydrogen (secondary N) is 1. The third-order valence-corrected chi connectivity index (χ3v) is 2.75. The van der Waals surface area contributed by atoms with Crippen LogP contribution in [0.1, 0.15) is 7.85 Å². The maximum Gasteiger partial charge on any atom is 0 e. The van der Waals surface area contributed by atoms with E-state index in [4.69, 9.17) is 0 Å². The van der Waals surface area contributed by atoms with Crippen LogP contribution in [0, 0.1) is 5.92 Å². The summed E-state index contributed by atoms with van der Waals surface area (Å²) in [6.07, 6.45) is 1.42. The van der Waals surface area contributed by atoms with E-state index in [0.29, 0.717) is 0 Å². The molecule has 1 nitrogen and oxygen atoms in total. The molecule has 0 aromatic heterocycles. The summed E-state index contributed by atoms with van der Waals surface area (Å²) in [6.45, 7) is 1.22. The van der Waals surface area contributed by atoms with Crippen LogP contribution in [-0.4, -0.2) is 25.1 Å². The minimum atomic E-state index is 0. The number of hydrogen-bond acceptors (Lipinski definition) is 2. The highest BCUT2D eigenvalue weighted by atomic mass is 32.2. The Morgan fingerprint density at radius 3 is 3.25 bits per heavy atom. The Morgan fingerprint density at radius 1 is 1.88 bits per heavy atom. The summed E-state index contributed by atoms with van der Waals surface area (Å²) in [5.74, 6) is 3.72. The molecule has 1 fully saturated rings. The van der Waals surface area contributed by atoms with Gasteiger partial charge in [-0.25, -0.2) is 0 Å². The standard InChI is InChI=1S/C6H13NS.H2/c1-7-4-6-2-3-8-5-6;/h6-7H,2-5H2,1H3;1H. The Balaban J connectivity index is 0.000000640. The zero-order valence-electron chi connectivity index (χ0n) is 5.31. The lowest BCUT2D eigenvalue weighted by atomic mass is 10.1. The molecule has 0 aromatic carbocycles. The van der Waals surface area contributed by atoms with Gasteiger partial charge in [-0.2, -0.15) is 11.8 Å². The zero-order valence-corrected chi connectivity index (χ0v) is 6.13. The van der Waals surface area contributed by atoms with E-state index in [0.717, 1.165) is 5.92 Å². The molecule has 8 heavy (non-hydrogen) atoms. The van der Waals surface area contributed by atoms with E-state index in [1.54, 1.807) is 0 Å². The fraction of sp³-hybridized carbons (Fsp3) is 1.00. The van der Waals surface area contributed by atoms with Crippen molar-refractivity contribution in [2.75, 3.05) is 25.1 Å². The number of thioether (sulfide) groups is 1. The molecule has 0 amide bonds. The lowest BCUT2D eigenvalue weighted by Gasteiger charge is -2.03. The Labute approximate surface area is 56.7 Å². The van der Waals surface area contributed by atoms with Crippen molar-refractivity contribution < 1.29 is 1.43 Å². The summed E-state index contributed by atoms with van der Waals surface area (Å²) >= 11 is 2.08. The second-order valence-electron chi connectivity index (χ2n) is 2.29. The smallest absolute Gasteiger partial charge is 0 e. The molecular formula is C6H15NS. The molecule has 1 heterocycles. The van der Waals surface area contributed by atoms with E-state index in [1.165, 1.54) is 24.5 Å². The highest BCUT2D eigenvalue weighted by molar-refractivity contribution is 7.99. The lowest BCUT2D eigenvalue weighted by molar-refractivity contribution is 0.557. The van der Waals surface area contributed by atoms with Crippen LogP contribution >= 0.6 is 11.8 Å². The summed E-state index contributed by atoms with van der Waals surface area (Å²) in [5.41, 5.74) is 0. The molecule has 1 rings (SSSR count). The quantitative estimate of drug-likeness (QED) is 0.607. The van der Waals surface area contributed by atoms with Crippen LogP contribution in [0.15, 0.2) is 0 Å². The van der Waals surface area contributed by atoms with Crippen molar-refractivity contribution in [2.24, 2.45) is 5.92 Å². The predicted molar refractivity (Wildman–Crippen MR) is 41.5 cm³/mol. The van der Waals surface area contributed by atoms with Gasteiger partial charge in [0, 0.05) is 1.43 Å². The highest BCUT2D eigenvalue weighted by Crippen LogP contribution is 2.22. The lowest BCUT2D eigenvalue weighted by Crippen LogP contribution is -2.17. The molecule has 0 aromatic rings. The van der Waals surface area contributed by atoms with Gasteiger partial charge < -0.3 is 5.32 Å². The molecule has 1 aliphatic rings. The first kappa shape index (κ1) is 6.43. The Hall–Kier alpha value is 0.310. The minimum absolute atomic E-state index is 0. The van der Waals surface area contributed by atoms with Gasteiger partial charge in [-0.05, 0) is 37.4 Å². The first-order chi connectivity index (χ1) is 3.93. The van der Waals surface area contributed by atoms with Crippen molar-refractivity contribution in [1.29, 1.82) is 0 Å². The molecular weight excluding hydrogens is 118 g/mol. The molecule has 1 saturated heterocycles. The molecule has 50 valence electrons. The number of rotatable bonds is 2. The molecule has 0 radical (unpaired) electrons. The molecule has 1 aliphatic heterocycles. The summed E-state index contributed by atoms with van der Waals surface area (Å²) in [6, 6.07) is 0. The van der Waals surface area contributed by atoms with Gasteiger partial charge >= 0.3 is 0 Å². The molecule has 2 heteroatoms. The van der Waals surface area contributed by atoms with Crippen molar-refractivity contribution in [2.45, 2.75) is 6.42 Å². The van der Waals surface area contributed by atoms with Crippen LogP contribution in [0.2, 0.25) is 0 Å². The third kappa shape index (κ3) is 1.67. The molecule has 1 N–H and O–H groups in total. The maximum atomic E-state index is 3.20. The predicted octanol–water partition coefficient (Wildman–Crippen LogP) is 1.20. The van der Waals surface area contributed by atoms with Gasteiger partial charge in [0.25, 0.3) is 0 Å². The van der Waals surface area contributed by atoms with Crippen LogP contribution in [0.25, 0.3) is 0 Å². The fourth-order valence-corrected chi connectivity index (χ4v) is 2.32. The van der Waals surface area contributed by atoms with Crippen molar-refractivity contribution in [3.8, 4) is 0 Å². The second-order valence-corrected chi connectivity index (χ2v) is 3.44. The van der Waals surface area contributed by atoms with Crippen molar-refractivity contribution >= 4 is 11.8 Å².